The van der Waals surface area contributed by atoms with E-state index in [0.29, 0.717) is 0 Å². The summed E-state index contributed by atoms with van der Waals surface area (Å²) in [6, 6.07) is 0. The molecule has 0 N–H and O–H groups in total. The molecule has 0 aromatic carbocycles. The molecule has 0 heterocycles. The summed E-state index contributed by atoms with van der Waals surface area (Å²) in [4.78, 5) is 0. The normalized spacial score (nSPS) is 15.3. The second-order valence-corrected chi connectivity index (χ2v) is 11.2. The van der Waals surface area contributed by atoms with Gasteiger partial charge in [-0.05, 0) is 0 Å². The lowest BCUT2D eigenvalue weighted by Gasteiger charge is -2.46. The van der Waals surface area contributed by atoms with E-state index in [1.165, 1.54) is 0 Å². The molecule has 0 unspecified atom stereocenters. The molecule has 0 bridgehead atoms. The highest BCUT2D eigenvalue weighted by atomic mass is 28.3. The van der Waals surface area contributed by atoms with Crippen LogP contribution in [-0.4, -0.2) is 59.0 Å². The molecule has 0 spiro atoms. The molecule has 3 heteroatoms. The minimum Gasteiger partial charge on any atom is -0.343 e. The third kappa shape index (κ3) is 2.04. The molecule has 0 saturated carbocycles. The van der Waals surface area contributed by atoms with Gasteiger partial charge >= 0.3 is 8.40 Å². The number of hydrogen-bond donors (Lipinski definition) is 0. The highest BCUT2D eigenvalue weighted by Gasteiger charge is 2.53. The quantitative estimate of drug-likeness (QED) is 0.553. The highest BCUT2D eigenvalue weighted by Crippen LogP contribution is 2.20. The summed E-state index contributed by atoms with van der Waals surface area (Å²) in [5, 5.41) is 0. The first kappa shape index (κ1) is 11.1. The van der Waals surface area contributed by atoms with Crippen molar-refractivity contribution >= 4 is 8.40 Å². The lowest BCUT2D eigenvalue weighted by molar-refractivity contribution is -0.890. The van der Waals surface area contributed by atoms with Crippen LogP contribution in [0.1, 0.15) is 0 Å². The average molecular weight is 176 g/mol. The van der Waals surface area contributed by atoms with Gasteiger partial charge in [0, 0.05) is 13.1 Å². The fraction of sp³-hybridized carbons (Fsp3) is 1.00. The molecule has 68 valence electrons. The van der Waals surface area contributed by atoms with Crippen molar-refractivity contribution in [3.05, 3.63) is 0 Å². The SMILES string of the molecule is C[N+](C)(C)[Si](C)(C)[N+](C)(C)C. The number of rotatable bonds is 2. The topological polar surface area (TPSA) is 0 Å². The maximum Gasteiger partial charge on any atom is 0.514 e. The van der Waals surface area contributed by atoms with Gasteiger partial charge in [-0.2, -0.15) is 0 Å². The summed E-state index contributed by atoms with van der Waals surface area (Å²) < 4.78 is 2.24. The molecule has 0 radical (unpaired) electrons. The van der Waals surface area contributed by atoms with E-state index in [4.69, 9.17) is 0 Å². The molecule has 0 aromatic heterocycles. The maximum absolute atomic E-state index is 2.44. The van der Waals surface area contributed by atoms with Crippen LogP contribution in [0.15, 0.2) is 0 Å². The lowest BCUT2D eigenvalue weighted by atomic mass is 11.0. The molecule has 0 aromatic rings. The second-order valence-electron chi connectivity index (χ2n) is 5.52. The van der Waals surface area contributed by atoms with Crippen molar-refractivity contribution in [2.45, 2.75) is 13.1 Å². The molecule has 0 rings (SSSR count). The molecule has 0 saturated heterocycles. The Kier molecular flexibility index (Phi) is 2.60. The predicted molar refractivity (Wildman–Crippen MR) is 53.5 cm³/mol. The van der Waals surface area contributed by atoms with E-state index in [0.717, 1.165) is 8.30 Å². The molecule has 0 aliphatic heterocycles. The fourth-order valence-corrected chi connectivity index (χ4v) is 2.70. The van der Waals surface area contributed by atoms with Gasteiger partial charge in [0.2, 0.25) is 0 Å². The zero-order valence-electron chi connectivity index (χ0n) is 9.39. The zero-order chi connectivity index (χ0) is 9.50. The molecule has 0 atom stereocenters. The largest absolute Gasteiger partial charge is 0.514 e. The van der Waals surface area contributed by atoms with Crippen LogP contribution in [-0.2, 0) is 0 Å². The van der Waals surface area contributed by atoms with Crippen molar-refractivity contribution in [2.75, 3.05) is 42.3 Å². The van der Waals surface area contributed by atoms with Crippen molar-refractivity contribution in [3.8, 4) is 0 Å². The molecule has 0 fully saturated rings. The smallest absolute Gasteiger partial charge is 0.343 e. The van der Waals surface area contributed by atoms with E-state index in [2.05, 4.69) is 55.4 Å². The van der Waals surface area contributed by atoms with Crippen LogP contribution in [0.25, 0.3) is 0 Å². The van der Waals surface area contributed by atoms with Crippen LogP contribution in [0.5, 0.6) is 0 Å². The molecular formula is C8H24N2Si+2. The van der Waals surface area contributed by atoms with Crippen molar-refractivity contribution in [1.29, 1.82) is 0 Å². The van der Waals surface area contributed by atoms with Crippen molar-refractivity contribution in [3.63, 3.8) is 0 Å². The summed E-state index contributed by atoms with van der Waals surface area (Å²) >= 11 is 0. The van der Waals surface area contributed by atoms with E-state index < -0.39 is 8.40 Å². The third-order valence-corrected chi connectivity index (χ3v) is 9.85. The fourth-order valence-electron chi connectivity index (χ4n) is 0.900. The number of quaternary nitrogens is 2. The van der Waals surface area contributed by atoms with Gasteiger partial charge in [-0.1, -0.05) is 0 Å². The van der Waals surface area contributed by atoms with E-state index in [9.17, 15) is 0 Å². The van der Waals surface area contributed by atoms with Crippen LogP contribution in [0, 0.1) is 0 Å². The van der Waals surface area contributed by atoms with Gasteiger partial charge in [-0.3, -0.25) is 0 Å². The highest BCUT2D eigenvalue weighted by molar-refractivity contribution is 6.62. The first-order valence-corrected chi connectivity index (χ1v) is 7.02. The summed E-state index contributed by atoms with van der Waals surface area (Å²) in [5.41, 5.74) is 0. The molecule has 0 amide bonds. The Bertz CT molecular complexity index is 123. The Balaban J connectivity index is 4.75. The van der Waals surface area contributed by atoms with Gasteiger partial charge in [0.1, 0.15) is 0 Å². The summed E-state index contributed by atoms with van der Waals surface area (Å²) in [6.45, 7) is 4.88. The second kappa shape index (κ2) is 2.57. The number of nitrogens with zero attached hydrogens (tertiary/aromatic N) is 2. The van der Waals surface area contributed by atoms with E-state index in [-0.39, 0.29) is 0 Å². The average Bonchev–Trinajstić information content (AvgIpc) is 1.58. The third-order valence-electron chi connectivity index (χ3n) is 3.28. The van der Waals surface area contributed by atoms with Crippen LogP contribution in [0.3, 0.4) is 0 Å². The Morgan fingerprint density at radius 1 is 0.636 bits per heavy atom. The molecule has 11 heavy (non-hydrogen) atoms. The van der Waals surface area contributed by atoms with Gasteiger partial charge in [-0.15, -0.1) is 0 Å². The summed E-state index contributed by atoms with van der Waals surface area (Å²) in [7, 11) is 12.6. The first-order chi connectivity index (χ1) is 4.50. The predicted octanol–water partition coefficient (Wildman–Crippen LogP) is 1.10. The Labute approximate surface area is 72.8 Å². The molecule has 0 aliphatic rings. The standard InChI is InChI=1S/C8H24N2Si/c1-9(2,3)11(7,8)10(4,5)6/h1-8H3/q+2. The van der Waals surface area contributed by atoms with Crippen LogP contribution >= 0.6 is 0 Å². The Hall–Kier alpha value is 0.137. The molecular weight excluding hydrogens is 152 g/mol. The first-order valence-electron chi connectivity index (χ1n) is 4.13. The zero-order valence-corrected chi connectivity index (χ0v) is 10.4. The van der Waals surface area contributed by atoms with Crippen molar-refractivity contribution in [2.24, 2.45) is 0 Å². The van der Waals surface area contributed by atoms with Gasteiger partial charge in [0.25, 0.3) is 0 Å². The monoisotopic (exact) mass is 176 g/mol. The minimum atomic E-state index is -1.23. The van der Waals surface area contributed by atoms with E-state index in [1.807, 2.05) is 0 Å². The lowest BCUT2D eigenvalue weighted by Crippen LogP contribution is -2.73. The summed E-state index contributed by atoms with van der Waals surface area (Å²) in [5.74, 6) is 0. The Morgan fingerprint density at radius 2 is 0.818 bits per heavy atom. The van der Waals surface area contributed by atoms with Gasteiger partial charge in [0.05, 0.1) is 42.3 Å². The van der Waals surface area contributed by atoms with Gasteiger partial charge < -0.3 is 8.30 Å². The maximum atomic E-state index is 2.44. The van der Waals surface area contributed by atoms with Gasteiger partial charge in [0.15, 0.2) is 0 Å². The molecule has 0 aliphatic carbocycles. The summed E-state index contributed by atoms with van der Waals surface area (Å²) in [6.07, 6.45) is 0. The molecule has 2 nitrogen and oxygen atoms in total. The van der Waals surface area contributed by atoms with Gasteiger partial charge in [-0.25, -0.2) is 0 Å². The van der Waals surface area contributed by atoms with Crippen LogP contribution in [0.4, 0.5) is 0 Å². The Morgan fingerprint density at radius 3 is 0.818 bits per heavy atom. The van der Waals surface area contributed by atoms with Crippen molar-refractivity contribution in [1.82, 2.24) is 0 Å². The van der Waals surface area contributed by atoms with Crippen LogP contribution < -0.4 is 0 Å². The van der Waals surface area contributed by atoms with E-state index in [1.54, 1.807) is 0 Å². The van der Waals surface area contributed by atoms with E-state index >= 15 is 0 Å². The van der Waals surface area contributed by atoms with Crippen LogP contribution in [0.2, 0.25) is 13.1 Å². The number of hydrogen-bond acceptors (Lipinski definition) is 0. The minimum absolute atomic E-state index is 1.12. The van der Waals surface area contributed by atoms with Crippen molar-refractivity contribution < 1.29 is 8.30 Å².